The van der Waals surface area contributed by atoms with Crippen LogP contribution in [0.4, 0.5) is 4.39 Å². The van der Waals surface area contributed by atoms with Crippen molar-refractivity contribution in [1.82, 2.24) is 20.1 Å². The van der Waals surface area contributed by atoms with E-state index in [1.54, 1.807) is 24.3 Å². The number of nitrogens with one attached hydrogen (secondary N) is 2. The topological polar surface area (TPSA) is 79.8 Å². The Kier molecular flexibility index (Phi) is 5.02. The van der Waals surface area contributed by atoms with E-state index in [2.05, 4.69) is 15.5 Å². The predicted octanol–water partition coefficient (Wildman–Crippen LogP) is 3.52. The Labute approximate surface area is 183 Å². The molecule has 0 bridgehead atoms. The van der Waals surface area contributed by atoms with Crippen molar-refractivity contribution in [3.05, 3.63) is 69.6 Å². The molecule has 0 radical (unpaired) electrons. The van der Waals surface area contributed by atoms with Gasteiger partial charge in [-0.2, -0.15) is 5.10 Å². The van der Waals surface area contributed by atoms with Gasteiger partial charge in [0.1, 0.15) is 17.4 Å². The molecule has 2 heterocycles. The normalized spacial score (nSPS) is 20.8. The Hall–Kier alpha value is -2.77. The maximum Gasteiger partial charge on any atom is 0.348 e. The summed E-state index contributed by atoms with van der Waals surface area (Å²) >= 11 is 5.93. The minimum Gasteiger partial charge on any atom is -0.316 e. The molecule has 2 fully saturated rings. The van der Waals surface area contributed by atoms with Crippen LogP contribution >= 0.6 is 11.6 Å². The number of aromatic nitrogens is 3. The SMILES string of the molecule is O=C(C1CC1)[C@]1(Cc2n[nH]c(=O)n2-c2ccc(-c3ccc(Cl)cc3)cc2F)CCNC1. The van der Waals surface area contributed by atoms with Crippen LogP contribution in [0.15, 0.2) is 47.3 Å². The standard InChI is InChI=1S/C23H22ClFN4O2/c24-17-6-3-14(4-7-17)16-5-8-19(18(25)11-16)29-20(27-28-22(29)31)12-23(9-10-26-13-23)21(30)15-1-2-15/h3-8,11,15,26H,1-2,9-10,12-13H2,(H,28,31)/t23-/m0/s1. The minimum absolute atomic E-state index is 0.106. The van der Waals surface area contributed by atoms with Gasteiger partial charge in [0, 0.05) is 29.3 Å². The second-order valence-electron chi connectivity index (χ2n) is 8.48. The van der Waals surface area contributed by atoms with Gasteiger partial charge in [0.2, 0.25) is 0 Å². The molecule has 3 aromatic rings. The number of ketones is 1. The lowest BCUT2D eigenvalue weighted by atomic mass is 9.77. The van der Waals surface area contributed by atoms with Gasteiger partial charge in [0.15, 0.2) is 0 Å². The Morgan fingerprint density at radius 2 is 1.94 bits per heavy atom. The molecule has 1 aliphatic carbocycles. The first-order chi connectivity index (χ1) is 15.0. The average molecular weight is 441 g/mol. The zero-order chi connectivity index (χ0) is 21.6. The van der Waals surface area contributed by atoms with Crippen molar-refractivity contribution < 1.29 is 9.18 Å². The number of rotatable bonds is 6. The Balaban J connectivity index is 1.50. The molecule has 0 spiro atoms. The molecule has 1 aliphatic heterocycles. The summed E-state index contributed by atoms with van der Waals surface area (Å²) in [6, 6.07) is 11.8. The molecule has 1 saturated heterocycles. The third-order valence-electron chi connectivity index (χ3n) is 6.32. The molecule has 1 aromatic heterocycles. The lowest BCUT2D eigenvalue weighted by Crippen LogP contribution is -2.38. The number of aromatic amines is 1. The highest BCUT2D eigenvalue weighted by atomic mass is 35.5. The van der Waals surface area contributed by atoms with E-state index in [1.165, 1.54) is 10.6 Å². The summed E-state index contributed by atoms with van der Waals surface area (Å²) in [5, 5.41) is 10.5. The number of nitrogens with zero attached hydrogens (tertiary/aromatic N) is 2. The van der Waals surface area contributed by atoms with Crippen molar-refractivity contribution in [2.75, 3.05) is 13.1 Å². The van der Waals surface area contributed by atoms with Crippen molar-refractivity contribution in [3.8, 4) is 16.8 Å². The zero-order valence-corrected chi connectivity index (χ0v) is 17.6. The van der Waals surface area contributed by atoms with E-state index in [-0.39, 0.29) is 17.4 Å². The van der Waals surface area contributed by atoms with Crippen LogP contribution < -0.4 is 11.0 Å². The number of halogens is 2. The smallest absolute Gasteiger partial charge is 0.316 e. The quantitative estimate of drug-likeness (QED) is 0.614. The van der Waals surface area contributed by atoms with Crippen LogP contribution in [-0.4, -0.2) is 33.6 Å². The molecule has 1 saturated carbocycles. The first kappa shape index (κ1) is 20.2. The number of hydrogen-bond acceptors (Lipinski definition) is 4. The van der Waals surface area contributed by atoms with E-state index in [9.17, 15) is 9.59 Å². The molecule has 0 unspecified atom stereocenters. The fourth-order valence-corrected chi connectivity index (χ4v) is 4.61. The van der Waals surface area contributed by atoms with Gasteiger partial charge in [-0.3, -0.25) is 4.79 Å². The highest BCUT2D eigenvalue weighted by molar-refractivity contribution is 6.30. The lowest BCUT2D eigenvalue weighted by molar-refractivity contribution is -0.129. The van der Waals surface area contributed by atoms with Crippen molar-refractivity contribution in [1.29, 1.82) is 0 Å². The van der Waals surface area contributed by atoms with Crippen LogP contribution in [0.25, 0.3) is 16.8 Å². The van der Waals surface area contributed by atoms with Gasteiger partial charge in [-0.25, -0.2) is 18.9 Å². The maximum absolute atomic E-state index is 15.1. The van der Waals surface area contributed by atoms with Crippen LogP contribution in [0.3, 0.4) is 0 Å². The number of H-pyrrole nitrogens is 1. The summed E-state index contributed by atoms with van der Waals surface area (Å²) in [5.41, 5.74) is 0.501. The van der Waals surface area contributed by atoms with Crippen LogP contribution in [0.2, 0.25) is 5.02 Å². The number of carbonyl (C=O) groups excluding carboxylic acids is 1. The molecule has 2 aromatic carbocycles. The largest absolute Gasteiger partial charge is 0.348 e. The van der Waals surface area contributed by atoms with Gasteiger partial charge in [0.05, 0.1) is 5.69 Å². The fraction of sp³-hybridized carbons (Fsp3) is 0.348. The first-order valence-corrected chi connectivity index (χ1v) is 10.8. The third-order valence-corrected chi connectivity index (χ3v) is 6.57. The van der Waals surface area contributed by atoms with Crippen LogP contribution in [0, 0.1) is 17.2 Å². The van der Waals surface area contributed by atoms with Crippen LogP contribution in [0.1, 0.15) is 25.1 Å². The van der Waals surface area contributed by atoms with E-state index < -0.39 is 16.9 Å². The predicted molar refractivity (Wildman–Crippen MR) is 116 cm³/mol. The lowest BCUT2D eigenvalue weighted by Gasteiger charge is -2.26. The van der Waals surface area contributed by atoms with Crippen LogP contribution in [-0.2, 0) is 11.2 Å². The van der Waals surface area contributed by atoms with E-state index in [1.807, 2.05) is 12.1 Å². The van der Waals surface area contributed by atoms with E-state index in [4.69, 9.17) is 11.6 Å². The van der Waals surface area contributed by atoms with Gasteiger partial charge in [-0.1, -0.05) is 29.8 Å². The van der Waals surface area contributed by atoms with E-state index >= 15 is 4.39 Å². The summed E-state index contributed by atoms with van der Waals surface area (Å²) in [6.07, 6.45) is 2.84. The van der Waals surface area contributed by atoms with E-state index in [0.29, 0.717) is 35.8 Å². The second-order valence-corrected chi connectivity index (χ2v) is 8.91. The Bertz CT molecular complexity index is 1190. The zero-order valence-electron chi connectivity index (χ0n) is 16.8. The average Bonchev–Trinajstić information content (AvgIpc) is 3.41. The molecular formula is C23H22ClFN4O2. The van der Waals surface area contributed by atoms with Gasteiger partial charge >= 0.3 is 5.69 Å². The molecule has 160 valence electrons. The Morgan fingerprint density at radius 3 is 2.58 bits per heavy atom. The Morgan fingerprint density at radius 1 is 1.19 bits per heavy atom. The van der Waals surface area contributed by atoms with Crippen molar-refractivity contribution in [3.63, 3.8) is 0 Å². The summed E-state index contributed by atoms with van der Waals surface area (Å²) in [6.45, 7) is 1.30. The van der Waals surface area contributed by atoms with E-state index in [0.717, 1.165) is 24.9 Å². The van der Waals surface area contributed by atoms with Gasteiger partial charge in [0.25, 0.3) is 0 Å². The summed E-state index contributed by atoms with van der Waals surface area (Å²) in [7, 11) is 0. The number of Topliss-reactive ketones (excluding diaryl/α,β-unsaturated/α-hetero) is 1. The van der Waals surface area contributed by atoms with Crippen molar-refractivity contribution >= 4 is 17.4 Å². The maximum atomic E-state index is 15.1. The highest BCUT2D eigenvalue weighted by Gasteiger charge is 2.48. The number of benzene rings is 2. The molecule has 2 N–H and O–H groups in total. The summed E-state index contributed by atoms with van der Waals surface area (Å²) < 4.78 is 16.4. The van der Waals surface area contributed by atoms with Gasteiger partial charge < -0.3 is 5.32 Å². The summed E-state index contributed by atoms with van der Waals surface area (Å²) in [5.74, 6) is 0.178. The first-order valence-electron chi connectivity index (χ1n) is 10.4. The third kappa shape index (κ3) is 3.72. The molecular weight excluding hydrogens is 419 g/mol. The molecule has 8 heteroatoms. The number of carbonyl (C=O) groups is 1. The van der Waals surface area contributed by atoms with Gasteiger partial charge in [-0.15, -0.1) is 0 Å². The van der Waals surface area contributed by atoms with Crippen molar-refractivity contribution in [2.24, 2.45) is 11.3 Å². The molecule has 1 atom stereocenters. The van der Waals surface area contributed by atoms with Crippen LogP contribution in [0.5, 0.6) is 0 Å². The molecule has 5 rings (SSSR count). The highest BCUT2D eigenvalue weighted by Crippen LogP contribution is 2.42. The molecule has 6 nitrogen and oxygen atoms in total. The minimum atomic E-state index is -0.593. The molecule has 0 amide bonds. The fourth-order valence-electron chi connectivity index (χ4n) is 4.48. The molecule has 31 heavy (non-hydrogen) atoms. The second kappa shape index (κ2) is 7.73. The summed E-state index contributed by atoms with van der Waals surface area (Å²) in [4.78, 5) is 25.6. The van der Waals surface area contributed by atoms with Gasteiger partial charge in [-0.05, 0) is 61.2 Å². The molecule has 2 aliphatic rings. The monoisotopic (exact) mass is 440 g/mol. The van der Waals surface area contributed by atoms with Crippen molar-refractivity contribution in [2.45, 2.75) is 25.7 Å². The number of hydrogen-bond donors (Lipinski definition) is 2.